The molecule has 8 heteroatoms. The predicted molar refractivity (Wildman–Crippen MR) is 79.2 cm³/mol. The van der Waals surface area contributed by atoms with E-state index in [9.17, 15) is 31.4 Å². The van der Waals surface area contributed by atoms with Crippen LogP contribution in [-0.2, 0) is 4.74 Å². The molecule has 0 bridgehead atoms. The van der Waals surface area contributed by atoms with Crippen molar-refractivity contribution in [2.45, 2.75) is 86.1 Å². The third kappa shape index (κ3) is 5.51. The molecule has 0 amide bonds. The maximum atomic E-state index is 12.8. The molecule has 0 rings (SSSR count). The summed E-state index contributed by atoms with van der Waals surface area (Å²) in [4.78, 5) is 0. The standard InChI is InChI=1S/C16H28F6O2/c1-11(2,3)9-13(7,12(4,5)6)14(8,23)24-10(15(17,18)19)16(20,21)22/h10,23H,9H2,1-8H3. The fourth-order valence-electron chi connectivity index (χ4n) is 2.86. The molecule has 2 nitrogen and oxygen atoms in total. The first kappa shape index (κ1) is 23.5. The van der Waals surface area contributed by atoms with Gasteiger partial charge in [0.15, 0.2) is 5.79 Å². The minimum Gasteiger partial charge on any atom is -0.365 e. The molecule has 0 heterocycles. The van der Waals surface area contributed by atoms with Crippen molar-refractivity contribution in [2.24, 2.45) is 16.2 Å². The maximum absolute atomic E-state index is 12.8. The molecule has 146 valence electrons. The van der Waals surface area contributed by atoms with Crippen LogP contribution in [0.25, 0.3) is 0 Å². The Hall–Kier alpha value is -0.500. The van der Waals surface area contributed by atoms with E-state index in [0.717, 1.165) is 6.92 Å². The van der Waals surface area contributed by atoms with Crippen LogP contribution in [0.2, 0.25) is 0 Å². The Labute approximate surface area is 139 Å². The summed E-state index contributed by atoms with van der Waals surface area (Å²) < 4.78 is 81.2. The summed E-state index contributed by atoms with van der Waals surface area (Å²) in [5.41, 5.74) is -2.67. The number of halogens is 6. The first-order chi connectivity index (χ1) is 10.0. The zero-order valence-electron chi connectivity index (χ0n) is 15.4. The van der Waals surface area contributed by atoms with Gasteiger partial charge in [0, 0.05) is 5.41 Å². The number of aliphatic hydroxyl groups is 1. The Bertz CT molecular complexity index is 412. The van der Waals surface area contributed by atoms with Gasteiger partial charge < -0.3 is 9.84 Å². The molecule has 1 N–H and O–H groups in total. The molecule has 0 fully saturated rings. The lowest BCUT2D eigenvalue weighted by Crippen LogP contribution is -2.60. The molecule has 2 atom stereocenters. The van der Waals surface area contributed by atoms with Crippen molar-refractivity contribution in [1.82, 2.24) is 0 Å². The molecule has 0 aliphatic heterocycles. The lowest BCUT2D eigenvalue weighted by Gasteiger charge is -2.54. The van der Waals surface area contributed by atoms with E-state index in [0.29, 0.717) is 0 Å². The zero-order chi connectivity index (χ0) is 20.0. The van der Waals surface area contributed by atoms with Gasteiger partial charge >= 0.3 is 12.4 Å². The smallest absolute Gasteiger partial charge is 0.365 e. The number of rotatable bonds is 4. The quantitative estimate of drug-likeness (QED) is 0.511. The zero-order valence-corrected chi connectivity index (χ0v) is 15.4. The summed E-state index contributed by atoms with van der Waals surface area (Å²) >= 11 is 0. The average Bonchev–Trinajstić information content (AvgIpc) is 2.18. The first-order valence-corrected chi connectivity index (χ1v) is 7.58. The Morgan fingerprint density at radius 2 is 1.08 bits per heavy atom. The Kier molecular flexibility index (Phi) is 6.21. The van der Waals surface area contributed by atoms with Crippen LogP contribution in [0.15, 0.2) is 0 Å². The van der Waals surface area contributed by atoms with E-state index in [1.807, 2.05) is 0 Å². The Morgan fingerprint density at radius 1 is 0.750 bits per heavy atom. The van der Waals surface area contributed by atoms with Crippen LogP contribution >= 0.6 is 0 Å². The second kappa shape index (κ2) is 6.34. The molecule has 0 aromatic rings. The van der Waals surface area contributed by atoms with Crippen molar-refractivity contribution in [3.8, 4) is 0 Å². The van der Waals surface area contributed by atoms with Crippen molar-refractivity contribution in [1.29, 1.82) is 0 Å². The van der Waals surface area contributed by atoms with Crippen LogP contribution in [0, 0.1) is 16.2 Å². The minimum absolute atomic E-state index is 0.152. The number of ether oxygens (including phenoxy) is 1. The van der Waals surface area contributed by atoms with Crippen LogP contribution in [0.5, 0.6) is 0 Å². The Balaban J connectivity index is 6.03. The van der Waals surface area contributed by atoms with Crippen LogP contribution in [0.4, 0.5) is 26.3 Å². The normalized spacial score (nSPS) is 20.0. The molecule has 0 spiro atoms. The molecule has 0 radical (unpaired) electrons. The summed E-state index contributed by atoms with van der Waals surface area (Å²) in [5.74, 6) is -2.66. The SMILES string of the molecule is CC(C)(C)CC(C)(C(C)(C)C)C(C)(O)OC(C(F)(F)F)C(F)(F)F. The van der Waals surface area contributed by atoms with Gasteiger partial charge in [-0.1, -0.05) is 48.5 Å². The van der Waals surface area contributed by atoms with Crippen LogP contribution in [0.3, 0.4) is 0 Å². The maximum Gasteiger partial charge on any atom is 0.423 e. The number of hydrogen-bond acceptors (Lipinski definition) is 2. The minimum atomic E-state index is -5.68. The molecule has 0 aliphatic carbocycles. The highest BCUT2D eigenvalue weighted by atomic mass is 19.4. The third-order valence-electron chi connectivity index (χ3n) is 4.50. The third-order valence-corrected chi connectivity index (χ3v) is 4.50. The van der Waals surface area contributed by atoms with Crippen LogP contribution in [-0.4, -0.2) is 29.4 Å². The van der Waals surface area contributed by atoms with Gasteiger partial charge in [0.2, 0.25) is 0 Å². The molecule has 2 unspecified atom stereocenters. The van der Waals surface area contributed by atoms with Gasteiger partial charge in [-0.15, -0.1) is 0 Å². The van der Waals surface area contributed by atoms with Crippen LogP contribution < -0.4 is 0 Å². The second-order valence-electron chi connectivity index (χ2n) is 8.88. The van der Waals surface area contributed by atoms with Gasteiger partial charge in [-0.2, -0.15) is 26.3 Å². The highest BCUT2D eigenvalue weighted by Gasteiger charge is 2.63. The van der Waals surface area contributed by atoms with Gasteiger partial charge in [-0.3, -0.25) is 0 Å². The van der Waals surface area contributed by atoms with Crippen LogP contribution in [0.1, 0.15) is 61.8 Å². The van der Waals surface area contributed by atoms with Gasteiger partial charge in [0.1, 0.15) is 0 Å². The molecular weight excluding hydrogens is 338 g/mol. The molecule has 24 heavy (non-hydrogen) atoms. The molecule has 0 aromatic heterocycles. The van der Waals surface area contributed by atoms with E-state index in [1.54, 1.807) is 41.5 Å². The largest absolute Gasteiger partial charge is 0.423 e. The van der Waals surface area contributed by atoms with Gasteiger partial charge in [0.25, 0.3) is 6.10 Å². The summed E-state index contributed by atoms with van der Waals surface area (Å²) in [6.45, 7) is 12.6. The molecule has 0 saturated heterocycles. The van der Waals surface area contributed by atoms with Crippen molar-refractivity contribution >= 4 is 0 Å². The van der Waals surface area contributed by atoms with Gasteiger partial charge in [0.05, 0.1) is 0 Å². The summed E-state index contributed by atoms with van der Waals surface area (Å²) in [5, 5.41) is 10.6. The first-order valence-electron chi connectivity index (χ1n) is 7.58. The fraction of sp³-hybridized carbons (Fsp3) is 1.00. The van der Waals surface area contributed by atoms with E-state index in [1.165, 1.54) is 6.92 Å². The number of hydrogen-bond donors (Lipinski definition) is 1. The number of alkyl halides is 6. The lowest BCUT2D eigenvalue weighted by atomic mass is 9.57. The fourth-order valence-corrected chi connectivity index (χ4v) is 2.86. The highest BCUT2D eigenvalue weighted by Crippen LogP contribution is 2.55. The van der Waals surface area contributed by atoms with Crippen molar-refractivity contribution in [2.75, 3.05) is 0 Å². The summed E-state index contributed by atoms with van der Waals surface area (Å²) in [6, 6.07) is 0. The summed E-state index contributed by atoms with van der Waals surface area (Å²) in [7, 11) is 0. The van der Waals surface area contributed by atoms with E-state index < -0.39 is 40.5 Å². The predicted octanol–water partition coefficient (Wildman–Crippen LogP) is 5.69. The second-order valence-corrected chi connectivity index (χ2v) is 8.88. The van der Waals surface area contributed by atoms with Crippen molar-refractivity contribution in [3.05, 3.63) is 0 Å². The van der Waals surface area contributed by atoms with E-state index in [4.69, 9.17) is 0 Å². The molecule has 0 aromatic carbocycles. The summed E-state index contributed by atoms with van der Waals surface area (Å²) in [6.07, 6.45) is -15.3. The van der Waals surface area contributed by atoms with Crippen molar-refractivity contribution < 1.29 is 36.2 Å². The van der Waals surface area contributed by atoms with Gasteiger partial charge in [-0.25, -0.2) is 0 Å². The molecule has 0 aliphatic rings. The molecule has 0 saturated carbocycles. The van der Waals surface area contributed by atoms with Crippen molar-refractivity contribution in [3.63, 3.8) is 0 Å². The van der Waals surface area contributed by atoms with E-state index >= 15 is 0 Å². The van der Waals surface area contributed by atoms with E-state index in [-0.39, 0.29) is 6.42 Å². The lowest BCUT2D eigenvalue weighted by molar-refractivity contribution is -0.400. The van der Waals surface area contributed by atoms with E-state index in [2.05, 4.69) is 4.74 Å². The van der Waals surface area contributed by atoms with Gasteiger partial charge in [-0.05, 0) is 24.2 Å². The molecular formula is C16H28F6O2. The average molecular weight is 366 g/mol. The monoisotopic (exact) mass is 366 g/mol. The topological polar surface area (TPSA) is 29.5 Å². The highest BCUT2D eigenvalue weighted by molar-refractivity contribution is 4.99. The Morgan fingerprint density at radius 3 is 1.29 bits per heavy atom.